The highest BCUT2D eigenvalue weighted by atomic mass is 16.5. The van der Waals surface area contributed by atoms with Crippen molar-refractivity contribution in [2.24, 2.45) is 0 Å². The number of nitrogens with two attached hydrogens (primary N) is 1. The fourth-order valence-corrected chi connectivity index (χ4v) is 1.03. The lowest BCUT2D eigenvalue weighted by Gasteiger charge is -2.11. The first-order valence-corrected chi connectivity index (χ1v) is 4.24. The number of carbonyl (C=O) groups is 1. The van der Waals surface area contributed by atoms with E-state index in [0.29, 0.717) is 11.4 Å². The van der Waals surface area contributed by atoms with E-state index in [9.17, 15) is 9.90 Å². The lowest BCUT2D eigenvalue weighted by atomic mass is 10.2. The summed E-state index contributed by atoms with van der Waals surface area (Å²) in [7, 11) is 0. The fraction of sp³-hybridized carbons (Fsp3) is 0.222. The molecule has 15 heavy (non-hydrogen) atoms. The Balaban J connectivity index is 2.74. The molecule has 0 fully saturated rings. The Hall–Kier alpha value is -1.95. The van der Waals surface area contributed by atoms with Crippen molar-refractivity contribution >= 4 is 17.5 Å². The molecule has 0 aromatic heterocycles. The van der Waals surface area contributed by atoms with Gasteiger partial charge in [-0.3, -0.25) is 0 Å². The minimum Gasteiger partial charge on any atom is -0.530 e. The average molecular weight is 211 g/mol. The molecule has 1 aromatic carbocycles. The summed E-state index contributed by atoms with van der Waals surface area (Å²) in [5.41, 5.74) is 6.17. The quantitative estimate of drug-likeness (QED) is 0.576. The van der Waals surface area contributed by atoms with Crippen LogP contribution >= 0.6 is 0 Å². The molecule has 0 heterocycles. The highest BCUT2D eigenvalue weighted by Gasteiger charge is 2.01. The highest BCUT2D eigenvalue weighted by molar-refractivity contribution is 5.82. The molecule has 1 aromatic rings. The van der Waals surface area contributed by atoms with E-state index in [2.05, 4.69) is 0 Å². The van der Waals surface area contributed by atoms with Gasteiger partial charge >= 0.3 is 0 Å². The third-order valence-electron chi connectivity index (χ3n) is 1.61. The van der Waals surface area contributed by atoms with Crippen LogP contribution in [-0.2, 0) is 0 Å². The number of aliphatic hydroxyl groups is 1. The second-order valence-electron chi connectivity index (χ2n) is 2.74. The second kappa shape index (κ2) is 5.06. The molecule has 0 unspecified atom stereocenters. The molecule has 0 aliphatic carbocycles. The van der Waals surface area contributed by atoms with E-state index >= 15 is 0 Å². The van der Waals surface area contributed by atoms with Crippen LogP contribution in [0.1, 0.15) is 0 Å². The predicted molar refractivity (Wildman–Crippen MR) is 52.5 cm³/mol. The zero-order valence-corrected chi connectivity index (χ0v) is 7.90. The van der Waals surface area contributed by atoms with Crippen molar-refractivity contribution in [3.8, 4) is 5.75 Å². The Morgan fingerprint density at radius 2 is 2.33 bits per heavy atom. The summed E-state index contributed by atoms with van der Waals surface area (Å²) >= 11 is 0. The summed E-state index contributed by atoms with van der Waals surface area (Å²) in [5, 5.41) is 20.8. The zero-order chi connectivity index (χ0) is 11.3. The molecule has 0 saturated carbocycles. The molecule has 0 bridgehead atoms. The zero-order valence-electron chi connectivity index (χ0n) is 7.90. The van der Waals surface area contributed by atoms with Gasteiger partial charge < -0.3 is 30.8 Å². The van der Waals surface area contributed by atoms with Gasteiger partial charge in [-0.15, -0.1) is 0 Å². The molecule has 1 rings (SSSR count). The maximum absolute atomic E-state index is 10.2. The van der Waals surface area contributed by atoms with Gasteiger partial charge in [-0.25, -0.2) is 0 Å². The average Bonchev–Trinajstić information content (AvgIpc) is 2.15. The number of nitrogens with one attached hydrogen (secondary N) is 1. The number of carboxylic acid groups (broad SMARTS) is 1. The Bertz CT molecular complexity index is 354. The first kappa shape index (κ1) is 11.1. The van der Waals surface area contributed by atoms with Crippen LogP contribution < -0.4 is 20.9 Å². The standard InChI is InChI=1S/C9H12N2O4/c10-7-5-6(11-9(13)14)1-2-8(7)15-4-3-12/h1-2,5,11-12H,3-4,10H2,(H,13,14)/p-1. The molecule has 6 nitrogen and oxygen atoms in total. The first-order valence-electron chi connectivity index (χ1n) is 4.24. The smallest absolute Gasteiger partial charge is 0.142 e. The van der Waals surface area contributed by atoms with Gasteiger partial charge in [0.15, 0.2) is 0 Å². The van der Waals surface area contributed by atoms with E-state index in [1.54, 1.807) is 0 Å². The summed E-state index contributed by atoms with van der Waals surface area (Å²) in [6, 6.07) is 4.40. The SMILES string of the molecule is Nc1cc(NC(=O)[O-])ccc1OCCO. The van der Waals surface area contributed by atoms with Crippen LogP contribution in [0, 0.1) is 0 Å². The fourth-order valence-electron chi connectivity index (χ4n) is 1.03. The van der Waals surface area contributed by atoms with Crippen LogP contribution in [0.4, 0.5) is 16.2 Å². The number of carbonyl (C=O) groups excluding carboxylic acids is 1. The second-order valence-corrected chi connectivity index (χ2v) is 2.74. The number of hydrogen-bond donors (Lipinski definition) is 3. The van der Waals surface area contributed by atoms with E-state index in [0.717, 1.165) is 0 Å². The van der Waals surface area contributed by atoms with Crippen LogP contribution in [0.2, 0.25) is 0 Å². The van der Waals surface area contributed by atoms with Gasteiger partial charge in [0.1, 0.15) is 18.4 Å². The molecule has 4 N–H and O–H groups in total. The first-order chi connectivity index (χ1) is 7.13. The van der Waals surface area contributed by atoms with Crippen LogP contribution in [0.25, 0.3) is 0 Å². The monoisotopic (exact) mass is 211 g/mol. The minimum absolute atomic E-state index is 0.113. The maximum Gasteiger partial charge on any atom is 0.142 e. The molecule has 0 spiro atoms. The Morgan fingerprint density at radius 3 is 2.87 bits per heavy atom. The molecule has 1 amide bonds. The predicted octanol–water partition coefficient (Wildman–Crippen LogP) is -0.605. The van der Waals surface area contributed by atoms with Gasteiger partial charge in [0, 0.05) is 5.69 Å². The van der Waals surface area contributed by atoms with Crippen molar-refractivity contribution in [3.05, 3.63) is 18.2 Å². The molecule has 6 heteroatoms. The molecular weight excluding hydrogens is 200 g/mol. The van der Waals surface area contributed by atoms with E-state index in [-0.39, 0.29) is 18.9 Å². The number of aliphatic hydroxyl groups excluding tert-OH is 1. The van der Waals surface area contributed by atoms with Gasteiger partial charge in [0.05, 0.1) is 12.3 Å². The Kier molecular flexibility index (Phi) is 3.75. The number of amides is 1. The van der Waals surface area contributed by atoms with Gasteiger partial charge in [-0.1, -0.05) is 0 Å². The summed E-state index contributed by atoms with van der Waals surface area (Å²) in [6.07, 6.45) is -1.40. The molecule has 0 aliphatic rings. The van der Waals surface area contributed by atoms with E-state index < -0.39 is 6.09 Å². The topological polar surface area (TPSA) is 108 Å². The van der Waals surface area contributed by atoms with Crippen LogP contribution in [-0.4, -0.2) is 24.4 Å². The summed E-state index contributed by atoms with van der Waals surface area (Å²) in [5.74, 6) is 0.396. The maximum atomic E-state index is 10.2. The van der Waals surface area contributed by atoms with E-state index in [1.165, 1.54) is 18.2 Å². The van der Waals surface area contributed by atoms with Gasteiger partial charge in [0.25, 0.3) is 0 Å². The molecular formula is C9H11N2O4-. The van der Waals surface area contributed by atoms with Crippen molar-refractivity contribution in [1.29, 1.82) is 0 Å². The van der Waals surface area contributed by atoms with Crippen molar-refractivity contribution < 1.29 is 19.7 Å². The number of hydrogen-bond acceptors (Lipinski definition) is 5. The van der Waals surface area contributed by atoms with Crippen LogP contribution in [0.3, 0.4) is 0 Å². The van der Waals surface area contributed by atoms with Crippen molar-refractivity contribution in [2.75, 3.05) is 24.3 Å². The number of anilines is 2. The molecule has 82 valence electrons. The van der Waals surface area contributed by atoms with E-state index in [4.69, 9.17) is 15.6 Å². The summed E-state index contributed by atoms with van der Waals surface area (Å²) < 4.78 is 5.08. The summed E-state index contributed by atoms with van der Waals surface area (Å²) in [4.78, 5) is 10.2. The molecule has 0 atom stereocenters. The summed E-state index contributed by atoms with van der Waals surface area (Å²) in [6.45, 7) is 0.0238. The largest absolute Gasteiger partial charge is 0.530 e. The van der Waals surface area contributed by atoms with Crippen molar-refractivity contribution in [3.63, 3.8) is 0 Å². The number of ether oxygens (including phenoxy) is 1. The number of benzene rings is 1. The Morgan fingerprint density at radius 1 is 1.60 bits per heavy atom. The highest BCUT2D eigenvalue weighted by Crippen LogP contribution is 2.24. The lowest BCUT2D eigenvalue weighted by Crippen LogP contribution is -2.28. The molecule has 0 radical (unpaired) electrons. The van der Waals surface area contributed by atoms with Crippen molar-refractivity contribution in [2.45, 2.75) is 0 Å². The number of rotatable bonds is 4. The molecule has 0 saturated heterocycles. The normalized spacial score (nSPS) is 9.67. The van der Waals surface area contributed by atoms with Crippen LogP contribution in [0.5, 0.6) is 5.75 Å². The minimum atomic E-state index is -1.40. The van der Waals surface area contributed by atoms with Gasteiger partial charge in [-0.2, -0.15) is 0 Å². The third-order valence-corrected chi connectivity index (χ3v) is 1.61. The van der Waals surface area contributed by atoms with Crippen molar-refractivity contribution in [1.82, 2.24) is 0 Å². The van der Waals surface area contributed by atoms with Gasteiger partial charge in [-0.05, 0) is 18.2 Å². The third kappa shape index (κ3) is 3.35. The van der Waals surface area contributed by atoms with E-state index in [1.807, 2.05) is 5.32 Å². The van der Waals surface area contributed by atoms with Crippen LogP contribution in [0.15, 0.2) is 18.2 Å². The number of nitrogen functional groups attached to an aromatic ring is 1. The molecule has 0 aliphatic heterocycles. The Labute approximate surface area is 86.3 Å². The van der Waals surface area contributed by atoms with Gasteiger partial charge in [0.2, 0.25) is 0 Å². The lowest BCUT2D eigenvalue weighted by molar-refractivity contribution is -0.242.